The summed E-state index contributed by atoms with van der Waals surface area (Å²) in [6.07, 6.45) is 0. The highest BCUT2D eigenvalue weighted by Crippen LogP contribution is 2.06. The van der Waals surface area contributed by atoms with Gasteiger partial charge in [-0.05, 0) is 5.75 Å². The van der Waals surface area contributed by atoms with Crippen LogP contribution in [0, 0.1) is 5.92 Å². The molecule has 0 amide bonds. The normalized spacial score (nSPS) is 13.1. The molecule has 0 aliphatic carbocycles. The summed E-state index contributed by atoms with van der Waals surface area (Å²) in [6.45, 7) is 3.75. The molecule has 0 aromatic heterocycles. The molecular weight excluding hydrogens is 136 g/mol. The van der Waals surface area contributed by atoms with Crippen LogP contribution < -0.4 is 0 Å². The summed E-state index contributed by atoms with van der Waals surface area (Å²) in [6, 6.07) is 0. The first-order valence-corrected chi connectivity index (χ1v) is 4.14. The second-order valence-electron chi connectivity index (χ2n) is 1.90. The van der Waals surface area contributed by atoms with Crippen LogP contribution in [0.25, 0.3) is 0 Å². The van der Waals surface area contributed by atoms with Crippen LogP contribution in [-0.4, -0.2) is 22.6 Å². The molecule has 0 saturated heterocycles. The molecule has 1 unspecified atom stereocenters. The lowest BCUT2D eigenvalue weighted by Gasteiger charge is -2.01. The Morgan fingerprint density at radius 2 is 2.33 bits per heavy atom. The second kappa shape index (κ2) is 4.68. The van der Waals surface area contributed by atoms with Gasteiger partial charge in [0.15, 0.2) is 0 Å². The molecule has 0 heterocycles. The third-order valence-corrected chi connectivity index (χ3v) is 2.14. The fourth-order valence-corrected chi connectivity index (χ4v) is 1.10. The van der Waals surface area contributed by atoms with Gasteiger partial charge < -0.3 is 5.11 Å². The Hall–Kier alpha value is -0.180. The maximum Gasteiger partial charge on any atom is 0.307 e. The van der Waals surface area contributed by atoms with E-state index in [1.165, 1.54) is 0 Å². The smallest absolute Gasteiger partial charge is 0.307 e. The van der Waals surface area contributed by atoms with Crippen LogP contribution in [-0.2, 0) is 4.79 Å². The van der Waals surface area contributed by atoms with E-state index in [-0.39, 0.29) is 5.92 Å². The number of hydrogen-bond donors (Lipinski definition) is 1. The number of aliphatic carboxylic acids is 1. The molecule has 0 aliphatic rings. The Bertz CT molecular complexity index is 93.1. The summed E-state index contributed by atoms with van der Waals surface area (Å²) in [5, 5.41) is 8.40. The summed E-state index contributed by atoms with van der Waals surface area (Å²) < 4.78 is 0. The quantitative estimate of drug-likeness (QED) is 0.655. The zero-order chi connectivity index (χ0) is 7.28. The predicted molar refractivity (Wildman–Crippen MR) is 39.8 cm³/mol. The fraction of sp³-hybridized carbons (Fsp3) is 0.833. The molecule has 0 spiro atoms. The van der Waals surface area contributed by atoms with E-state index in [9.17, 15) is 4.79 Å². The van der Waals surface area contributed by atoms with Crippen molar-refractivity contribution in [1.29, 1.82) is 0 Å². The van der Waals surface area contributed by atoms with Crippen LogP contribution in [0.5, 0.6) is 0 Å². The molecule has 0 radical (unpaired) electrons. The maximum atomic E-state index is 10.2. The van der Waals surface area contributed by atoms with Gasteiger partial charge in [-0.2, -0.15) is 11.8 Å². The number of rotatable bonds is 4. The highest BCUT2D eigenvalue weighted by Gasteiger charge is 2.08. The molecule has 0 aromatic carbocycles. The van der Waals surface area contributed by atoms with E-state index in [1.807, 2.05) is 6.92 Å². The van der Waals surface area contributed by atoms with Gasteiger partial charge in [-0.25, -0.2) is 0 Å². The molecule has 0 saturated carbocycles. The highest BCUT2D eigenvalue weighted by molar-refractivity contribution is 7.99. The van der Waals surface area contributed by atoms with Gasteiger partial charge in [0.05, 0.1) is 5.92 Å². The Balaban J connectivity index is 3.27. The molecule has 3 heteroatoms. The summed E-state index contributed by atoms with van der Waals surface area (Å²) >= 11 is 1.66. The summed E-state index contributed by atoms with van der Waals surface area (Å²) in [5.41, 5.74) is 0. The molecule has 0 bridgehead atoms. The maximum absolute atomic E-state index is 10.2. The van der Waals surface area contributed by atoms with E-state index in [1.54, 1.807) is 18.7 Å². The molecule has 0 aliphatic heterocycles. The van der Waals surface area contributed by atoms with Gasteiger partial charge in [0.1, 0.15) is 0 Å². The number of thioether (sulfide) groups is 1. The average molecular weight is 148 g/mol. The number of carboxylic acids is 1. The fourth-order valence-electron chi connectivity index (χ4n) is 0.366. The first-order chi connectivity index (χ1) is 4.18. The van der Waals surface area contributed by atoms with Gasteiger partial charge >= 0.3 is 5.97 Å². The zero-order valence-electron chi connectivity index (χ0n) is 5.76. The van der Waals surface area contributed by atoms with Crippen LogP contribution in [0.1, 0.15) is 13.8 Å². The van der Waals surface area contributed by atoms with Gasteiger partial charge in [0.25, 0.3) is 0 Å². The van der Waals surface area contributed by atoms with Crippen molar-refractivity contribution in [3.05, 3.63) is 0 Å². The minimum Gasteiger partial charge on any atom is -0.481 e. The van der Waals surface area contributed by atoms with Gasteiger partial charge in [0.2, 0.25) is 0 Å². The topological polar surface area (TPSA) is 37.3 Å². The SMILES string of the molecule is CCSCC(C)C(=O)O. The Morgan fingerprint density at radius 1 is 1.78 bits per heavy atom. The molecule has 2 nitrogen and oxygen atoms in total. The third kappa shape index (κ3) is 4.33. The van der Waals surface area contributed by atoms with Gasteiger partial charge in [0, 0.05) is 5.75 Å². The molecular formula is C6H12O2S. The van der Waals surface area contributed by atoms with Crippen LogP contribution in [0.3, 0.4) is 0 Å². The first-order valence-electron chi connectivity index (χ1n) is 2.99. The zero-order valence-corrected chi connectivity index (χ0v) is 6.57. The predicted octanol–water partition coefficient (Wildman–Crippen LogP) is 1.46. The van der Waals surface area contributed by atoms with E-state index < -0.39 is 5.97 Å². The van der Waals surface area contributed by atoms with E-state index >= 15 is 0 Å². The van der Waals surface area contributed by atoms with Crippen molar-refractivity contribution in [2.75, 3.05) is 11.5 Å². The van der Waals surface area contributed by atoms with Gasteiger partial charge in [-0.15, -0.1) is 0 Å². The van der Waals surface area contributed by atoms with Crippen LogP contribution in [0.15, 0.2) is 0 Å². The molecule has 0 fully saturated rings. The van der Waals surface area contributed by atoms with E-state index in [4.69, 9.17) is 5.11 Å². The highest BCUT2D eigenvalue weighted by atomic mass is 32.2. The lowest BCUT2D eigenvalue weighted by atomic mass is 10.2. The van der Waals surface area contributed by atoms with Crippen molar-refractivity contribution in [3.8, 4) is 0 Å². The van der Waals surface area contributed by atoms with Crippen LogP contribution in [0.4, 0.5) is 0 Å². The lowest BCUT2D eigenvalue weighted by molar-refractivity contribution is -0.140. The van der Waals surface area contributed by atoms with E-state index in [2.05, 4.69) is 0 Å². The molecule has 1 atom stereocenters. The molecule has 0 rings (SSSR count). The van der Waals surface area contributed by atoms with E-state index in [0.717, 1.165) is 11.5 Å². The third-order valence-electron chi connectivity index (χ3n) is 0.994. The van der Waals surface area contributed by atoms with Crippen molar-refractivity contribution in [3.63, 3.8) is 0 Å². The number of carbonyl (C=O) groups is 1. The number of hydrogen-bond acceptors (Lipinski definition) is 2. The van der Waals surface area contributed by atoms with Crippen molar-refractivity contribution in [1.82, 2.24) is 0 Å². The second-order valence-corrected chi connectivity index (χ2v) is 3.22. The van der Waals surface area contributed by atoms with Crippen molar-refractivity contribution in [2.45, 2.75) is 13.8 Å². The van der Waals surface area contributed by atoms with Gasteiger partial charge in [-0.1, -0.05) is 13.8 Å². The molecule has 54 valence electrons. The van der Waals surface area contributed by atoms with E-state index in [0.29, 0.717) is 0 Å². The molecule has 9 heavy (non-hydrogen) atoms. The summed E-state index contributed by atoms with van der Waals surface area (Å²) in [7, 11) is 0. The lowest BCUT2D eigenvalue weighted by Crippen LogP contribution is -2.11. The van der Waals surface area contributed by atoms with Crippen LogP contribution in [0.2, 0.25) is 0 Å². The van der Waals surface area contributed by atoms with Crippen molar-refractivity contribution < 1.29 is 9.90 Å². The van der Waals surface area contributed by atoms with Crippen molar-refractivity contribution >= 4 is 17.7 Å². The van der Waals surface area contributed by atoms with Gasteiger partial charge in [-0.3, -0.25) is 4.79 Å². The number of carboxylic acid groups (broad SMARTS) is 1. The largest absolute Gasteiger partial charge is 0.481 e. The van der Waals surface area contributed by atoms with Crippen LogP contribution >= 0.6 is 11.8 Å². The summed E-state index contributed by atoms with van der Waals surface area (Å²) in [5.74, 6) is 0.828. The first kappa shape index (κ1) is 8.82. The molecule has 0 aromatic rings. The minimum absolute atomic E-state index is 0.199. The monoisotopic (exact) mass is 148 g/mol. The standard InChI is InChI=1S/C6H12O2S/c1-3-9-4-5(2)6(7)8/h5H,3-4H2,1-2H3,(H,7,8). The Morgan fingerprint density at radius 3 is 2.67 bits per heavy atom. The van der Waals surface area contributed by atoms with Crippen molar-refractivity contribution in [2.24, 2.45) is 5.92 Å². The minimum atomic E-state index is -0.698. The average Bonchev–Trinajstić information content (AvgIpc) is 1.82. The Labute approximate surface area is 59.6 Å². The Kier molecular flexibility index (Phi) is 4.58. The molecule has 1 N–H and O–H groups in total. The summed E-state index contributed by atoms with van der Waals surface area (Å²) in [4.78, 5) is 10.2.